The van der Waals surface area contributed by atoms with E-state index in [4.69, 9.17) is 0 Å². The molecule has 1 aromatic heterocycles. The van der Waals surface area contributed by atoms with E-state index < -0.39 is 11.6 Å². The van der Waals surface area contributed by atoms with E-state index in [1.807, 2.05) is 6.20 Å². The lowest BCUT2D eigenvalue weighted by atomic mass is 9.95. The van der Waals surface area contributed by atoms with Crippen molar-refractivity contribution < 1.29 is 8.78 Å². The summed E-state index contributed by atoms with van der Waals surface area (Å²) >= 11 is 0. The first-order valence-corrected chi connectivity index (χ1v) is 6.77. The maximum absolute atomic E-state index is 13.2. The number of hydrogen-bond donors (Lipinski definition) is 1. The summed E-state index contributed by atoms with van der Waals surface area (Å²) in [5.41, 5.74) is 1.65. The van der Waals surface area contributed by atoms with E-state index in [0.717, 1.165) is 37.7 Å². The zero-order valence-electron chi connectivity index (χ0n) is 11.0. The minimum atomic E-state index is -0.832. The Balaban J connectivity index is 1.71. The van der Waals surface area contributed by atoms with Crippen molar-refractivity contribution in [3.63, 3.8) is 0 Å². The number of hydrogen-bond acceptors (Lipinski definition) is 3. The molecule has 0 saturated carbocycles. The molecule has 6 heteroatoms. The fraction of sp³-hybridized carbons (Fsp3) is 0.429. The van der Waals surface area contributed by atoms with E-state index in [1.54, 1.807) is 10.7 Å². The summed E-state index contributed by atoms with van der Waals surface area (Å²) in [5, 5.41) is 11.6. The molecular weight excluding hydrogens is 262 g/mol. The molecule has 0 bridgehead atoms. The summed E-state index contributed by atoms with van der Waals surface area (Å²) in [4.78, 5) is 0. The van der Waals surface area contributed by atoms with Crippen LogP contribution < -0.4 is 5.32 Å². The van der Waals surface area contributed by atoms with Crippen LogP contribution in [0.4, 0.5) is 8.78 Å². The Morgan fingerprint density at radius 3 is 2.75 bits per heavy atom. The maximum Gasteiger partial charge on any atom is 0.159 e. The molecule has 0 spiro atoms. The van der Waals surface area contributed by atoms with Gasteiger partial charge in [0.1, 0.15) is 0 Å². The third kappa shape index (κ3) is 2.85. The molecule has 1 fully saturated rings. The lowest BCUT2D eigenvalue weighted by molar-refractivity contribution is 0.453. The monoisotopic (exact) mass is 278 g/mol. The summed E-state index contributed by atoms with van der Waals surface area (Å²) in [6.07, 6.45) is 4.02. The third-order valence-electron chi connectivity index (χ3n) is 3.64. The van der Waals surface area contributed by atoms with Gasteiger partial charge in [0.25, 0.3) is 0 Å². The van der Waals surface area contributed by atoms with Gasteiger partial charge in [0.15, 0.2) is 11.6 Å². The molecule has 0 aliphatic carbocycles. The number of piperidine rings is 1. The zero-order valence-corrected chi connectivity index (χ0v) is 11.0. The lowest BCUT2D eigenvalue weighted by Crippen LogP contribution is -2.26. The Bertz CT molecular complexity index is 591. The van der Waals surface area contributed by atoms with Gasteiger partial charge < -0.3 is 5.32 Å². The second-order valence-electron chi connectivity index (χ2n) is 5.11. The molecular formula is C14H16F2N4. The van der Waals surface area contributed by atoms with Crippen molar-refractivity contribution in [3.8, 4) is 0 Å². The molecule has 0 radical (unpaired) electrons. The molecule has 0 amide bonds. The van der Waals surface area contributed by atoms with Crippen LogP contribution in [0, 0.1) is 11.6 Å². The van der Waals surface area contributed by atoms with E-state index in [9.17, 15) is 8.78 Å². The molecule has 106 valence electrons. The normalized spacial score (nSPS) is 16.5. The summed E-state index contributed by atoms with van der Waals surface area (Å²) in [5.74, 6) is -1.22. The van der Waals surface area contributed by atoms with Crippen molar-refractivity contribution in [2.75, 3.05) is 13.1 Å². The van der Waals surface area contributed by atoms with E-state index in [2.05, 4.69) is 15.6 Å². The van der Waals surface area contributed by atoms with Gasteiger partial charge in [0.05, 0.1) is 12.2 Å². The highest BCUT2D eigenvalue weighted by atomic mass is 19.2. The van der Waals surface area contributed by atoms with Crippen molar-refractivity contribution >= 4 is 0 Å². The highest BCUT2D eigenvalue weighted by Crippen LogP contribution is 2.22. The van der Waals surface area contributed by atoms with Crippen LogP contribution in [-0.4, -0.2) is 28.1 Å². The zero-order chi connectivity index (χ0) is 13.9. The van der Waals surface area contributed by atoms with Gasteiger partial charge in [-0.1, -0.05) is 11.3 Å². The van der Waals surface area contributed by atoms with Crippen molar-refractivity contribution in [1.29, 1.82) is 0 Å². The van der Waals surface area contributed by atoms with E-state index in [0.29, 0.717) is 18.0 Å². The van der Waals surface area contributed by atoms with E-state index >= 15 is 0 Å². The number of nitrogens with zero attached hydrogens (tertiary/aromatic N) is 3. The van der Waals surface area contributed by atoms with Crippen molar-refractivity contribution in [2.24, 2.45) is 0 Å². The van der Waals surface area contributed by atoms with Crippen LogP contribution in [0.2, 0.25) is 0 Å². The minimum Gasteiger partial charge on any atom is -0.317 e. The average Bonchev–Trinajstić information content (AvgIpc) is 2.92. The predicted octanol–water partition coefficient (Wildman–Crippen LogP) is 2.07. The number of nitrogens with one attached hydrogen (secondary N) is 1. The van der Waals surface area contributed by atoms with E-state index in [-0.39, 0.29) is 0 Å². The summed E-state index contributed by atoms with van der Waals surface area (Å²) in [6.45, 7) is 2.40. The van der Waals surface area contributed by atoms with Gasteiger partial charge in [-0.15, -0.1) is 5.10 Å². The van der Waals surface area contributed by atoms with Gasteiger partial charge in [0.2, 0.25) is 0 Å². The minimum absolute atomic E-state index is 0.398. The van der Waals surface area contributed by atoms with Gasteiger partial charge in [-0.2, -0.15) is 0 Å². The topological polar surface area (TPSA) is 42.7 Å². The molecule has 0 unspecified atom stereocenters. The SMILES string of the molecule is Fc1ccc(Cn2cc(C3CCNCC3)nn2)cc1F. The van der Waals surface area contributed by atoms with Crippen LogP contribution in [0.5, 0.6) is 0 Å². The predicted molar refractivity (Wildman–Crippen MR) is 70.3 cm³/mol. The first-order chi connectivity index (χ1) is 9.72. The summed E-state index contributed by atoms with van der Waals surface area (Å²) in [7, 11) is 0. The Morgan fingerprint density at radius 2 is 2.00 bits per heavy atom. The molecule has 2 aromatic rings. The van der Waals surface area contributed by atoms with Crippen molar-refractivity contribution in [2.45, 2.75) is 25.3 Å². The van der Waals surface area contributed by atoms with Gasteiger partial charge in [-0.3, -0.25) is 0 Å². The molecule has 1 aliphatic rings. The lowest BCUT2D eigenvalue weighted by Gasteiger charge is -2.20. The fourth-order valence-corrected chi connectivity index (χ4v) is 2.52. The quantitative estimate of drug-likeness (QED) is 0.934. The van der Waals surface area contributed by atoms with Gasteiger partial charge in [-0.25, -0.2) is 13.5 Å². The number of aromatic nitrogens is 3. The van der Waals surface area contributed by atoms with Crippen LogP contribution in [0.3, 0.4) is 0 Å². The average molecular weight is 278 g/mol. The largest absolute Gasteiger partial charge is 0.317 e. The molecule has 1 N–H and O–H groups in total. The third-order valence-corrected chi connectivity index (χ3v) is 3.64. The van der Waals surface area contributed by atoms with E-state index in [1.165, 1.54) is 6.07 Å². The van der Waals surface area contributed by atoms with Crippen LogP contribution in [0.1, 0.15) is 30.0 Å². The highest BCUT2D eigenvalue weighted by Gasteiger charge is 2.18. The Labute approximate surface area is 115 Å². The Hall–Kier alpha value is -1.82. The first kappa shape index (κ1) is 13.2. The maximum atomic E-state index is 13.2. The molecule has 3 rings (SSSR count). The number of rotatable bonds is 3. The fourth-order valence-electron chi connectivity index (χ4n) is 2.52. The van der Waals surface area contributed by atoms with Crippen molar-refractivity contribution in [3.05, 3.63) is 47.3 Å². The van der Waals surface area contributed by atoms with Crippen molar-refractivity contribution in [1.82, 2.24) is 20.3 Å². The number of halogens is 2. The van der Waals surface area contributed by atoms with Crippen LogP contribution in [-0.2, 0) is 6.54 Å². The second-order valence-corrected chi connectivity index (χ2v) is 5.11. The molecule has 1 aromatic carbocycles. The van der Waals surface area contributed by atoms with Gasteiger partial charge in [0, 0.05) is 12.1 Å². The summed E-state index contributed by atoms with van der Waals surface area (Å²) < 4.78 is 27.7. The smallest absolute Gasteiger partial charge is 0.159 e. The highest BCUT2D eigenvalue weighted by molar-refractivity contribution is 5.18. The molecule has 4 nitrogen and oxygen atoms in total. The first-order valence-electron chi connectivity index (χ1n) is 6.77. The second kappa shape index (κ2) is 5.66. The molecule has 1 saturated heterocycles. The standard InChI is InChI=1S/C14H16F2N4/c15-12-2-1-10(7-13(12)16)8-20-9-14(18-19-20)11-3-5-17-6-4-11/h1-2,7,9,11,17H,3-6,8H2. The number of benzene rings is 1. The van der Waals surface area contributed by atoms with Crippen LogP contribution >= 0.6 is 0 Å². The van der Waals surface area contributed by atoms with Crippen LogP contribution in [0.15, 0.2) is 24.4 Å². The van der Waals surface area contributed by atoms with Gasteiger partial charge >= 0.3 is 0 Å². The Kier molecular flexibility index (Phi) is 3.73. The summed E-state index contributed by atoms with van der Waals surface area (Å²) in [6, 6.07) is 3.89. The molecule has 20 heavy (non-hydrogen) atoms. The molecule has 2 heterocycles. The van der Waals surface area contributed by atoms with Crippen LogP contribution in [0.25, 0.3) is 0 Å². The molecule has 1 aliphatic heterocycles. The molecule has 0 atom stereocenters. The Morgan fingerprint density at radius 1 is 1.20 bits per heavy atom. The van der Waals surface area contributed by atoms with Gasteiger partial charge in [-0.05, 0) is 43.6 Å².